The first kappa shape index (κ1) is 17.7. The number of carbonyl (C=O) groups excluding carboxylic acids is 1. The highest BCUT2D eigenvalue weighted by atomic mass is 16.5. The second-order valence-electron chi connectivity index (χ2n) is 7.93. The van der Waals surface area contributed by atoms with E-state index >= 15 is 0 Å². The van der Waals surface area contributed by atoms with E-state index in [0.717, 1.165) is 55.8 Å². The molecule has 3 fully saturated rings. The van der Waals surface area contributed by atoms with Crippen molar-refractivity contribution in [2.24, 2.45) is 5.92 Å². The minimum absolute atomic E-state index is 0.0178. The third-order valence-corrected chi connectivity index (χ3v) is 5.82. The molecule has 1 unspecified atom stereocenters. The number of aromatic nitrogens is 2. The Hall–Kier alpha value is -2.41. The number of rotatable bonds is 5. The quantitative estimate of drug-likeness (QED) is 0.790. The van der Waals surface area contributed by atoms with Crippen LogP contribution in [0, 0.1) is 5.92 Å². The fraction of sp³-hybridized carbons (Fsp3) is 0.571. The molecule has 2 saturated heterocycles. The van der Waals surface area contributed by atoms with Crippen molar-refractivity contribution in [3.8, 4) is 17.2 Å². The third kappa shape index (κ3) is 3.63. The normalized spacial score (nSPS) is 23.1. The Morgan fingerprint density at radius 1 is 1.11 bits per heavy atom. The van der Waals surface area contributed by atoms with Crippen LogP contribution in [0.5, 0.6) is 5.75 Å². The molecule has 7 heteroatoms. The fourth-order valence-corrected chi connectivity index (χ4v) is 4.00. The van der Waals surface area contributed by atoms with Crippen LogP contribution in [-0.2, 0) is 9.53 Å². The molecule has 1 amide bonds. The van der Waals surface area contributed by atoms with Gasteiger partial charge in [-0.25, -0.2) is 0 Å². The zero-order valence-corrected chi connectivity index (χ0v) is 15.9. The van der Waals surface area contributed by atoms with Crippen LogP contribution in [0.3, 0.4) is 0 Å². The zero-order valence-electron chi connectivity index (χ0n) is 15.9. The molecule has 0 bridgehead atoms. The second kappa shape index (κ2) is 7.54. The summed E-state index contributed by atoms with van der Waals surface area (Å²) >= 11 is 0. The SMILES string of the molecule is O=C(C1CCOCC1)N1CCC(Oc2ccccc2-c2nc(C3CC3)no2)C1. The van der Waals surface area contributed by atoms with Crippen molar-refractivity contribution in [2.75, 3.05) is 26.3 Å². The number of carbonyl (C=O) groups is 1. The Bertz CT molecular complexity index is 842. The highest BCUT2D eigenvalue weighted by Crippen LogP contribution is 2.40. The summed E-state index contributed by atoms with van der Waals surface area (Å²) in [6.45, 7) is 2.74. The molecule has 1 saturated carbocycles. The molecule has 2 aliphatic heterocycles. The molecule has 3 aliphatic rings. The van der Waals surface area contributed by atoms with E-state index in [1.54, 1.807) is 0 Å². The molecule has 1 aromatic heterocycles. The lowest BCUT2D eigenvalue weighted by Crippen LogP contribution is -2.38. The summed E-state index contributed by atoms with van der Waals surface area (Å²) in [6, 6.07) is 7.76. The molecule has 1 atom stereocenters. The van der Waals surface area contributed by atoms with Gasteiger partial charge in [-0.2, -0.15) is 4.98 Å². The number of ether oxygens (including phenoxy) is 2. The molecule has 0 radical (unpaired) electrons. The van der Waals surface area contributed by atoms with Gasteiger partial charge >= 0.3 is 0 Å². The lowest BCUT2D eigenvalue weighted by molar-refractivity contribution is -0.137. The second-order valence-corrected chi connectivity index (χ2v) is 7.93. The maximum Gasteiger partial charge on any atom is 0.261 e. The zero-order chi connectivity index (χ0) is 18.9. The van der Waals surface area contributed by atoms with Crippen LogP contribution in [0.2, 0.25) is 0 Å². The lowest BCUT2D eigenvalue weighted by atomic mass is 9.99. The molecule has 3 heterocycles. The summed E-state index contributed by atoms with van der Waals surface area (Å²) < 4.78 is 17.1. The Kier molecular flexibility index (Phi) is 4.76. The Labute approximate surface area is 164 Å². The van der Waals surface area contributed by atoms with E-state index in [1.165, 1.54) is 0 Å². The smallest absolute Gasteiger partial charge is 0.261 e. The Morgan fingerprint density at radius 3 is 2.75 bits per heavy atom. The molecule has 7 nitrogen and oxygen atoms in total. The summed E-state index contributed by atoms with van der Waals surface area (Å²) in [6.07, 6.45) is 4.73. The van der Waals surface area contributed by atoms with Crippen molar-refractivity contribution in [1.29, 1.82) is 0 Å². The van der Waals surface area contributed by atoms with E-state index < -0.39 is 0 Å². The molecule has 0 spiro atoms. The summed E-state index contributed by atoms with van der Waals surface area (Å²) in [7, 11) is 0. The van der Waals surface area contributed by atoms with Crippen molar-refractivity contribution >= 4 is 5.91 Å². The number of likely N-dealkylation sites (tertiary alicyclic amines) is 1. The van der Waals surface area contributed by atoms with Crippen molar-refractivity contribution in [3.05, 3.63) is 30.1 Å². The molecule has 28 heavy (non-hydrogen) atoms. The van der Waals surface area contributed by atoms with E-state index in [4.69, 9.17) is 14.0 Å². The van der Waals surface area contributed by atoms with Crippen LogP contribution in [0.4, 0.5) is 0 Å². The highest BCUT2D eigenvalue weighted by molar-refractivity contribution is 5.79. The van der Waals surface area contributed by atoms with Crippen molar-refractivity contribution in [2.45, 2.75) is 44.1 Å². The van der Waals surface area contributed by atoms with Gasteiger partial charge in [-0.15, -0.1) is 0 Å². The van der Waals surface area contributed by atoms with Crippen molar-refractivity contribution in [1.82, 2.24) is 15.0 Å². The van der Waals surface area contributed by atoms with Gasteiger partial charge in [-0.05, 0) is 37.8 Å². The number of hydrogen-bond donors (Lipinski definition) is 0. The first-order chi connectivity index (χ1) is 13.8. The van der Waals surface area contributed by atoms with E-state index in [2.05, 4.69) is 10.1 Å². The van der Waals surface area contributed by atoms with Gasteiger partial charge in [-0.1, -0.05) is 17.3 Å². The first-order valence-electron chi connectivity index (χ1n) is 10.2. The van der Waals surface area contributed by atoms with Gasteiger partial charge in [-0.3, -0.25) is 4.79 Å². The minimum atomic E-state index is -0.0178. The molecule has 2 aromatic rings. The van der Waals surface area contributed by atoms with Crippen LogP contribution in [0.15, 0.2) is 28.8 Å². The van der Waals surface area contributed by atoms with Gasteiger partial charge < -0.3 is 18.9 Å². The van der Waals surface area contributed by atoms with Crippen molar-refractivity contribution < 1.29 is 18.8 Å². The number of hydrogen-bond acceptors (Lipinski definition) is 6. The van der Waals surface area contributed by atoms with E-state index in [0.29, 0.717) is 31.6 Å². The fourth-order valence-electron chi connectivity index (χ4n) is 4.00. The minimum Gasteiger partial charge on any atom is -0.488 e. The first-order valence-corrected chi connectivity index (χ1v) is 10.2. The predicted octanol–water partition coefficient (Wildman–Crippen LogP) is 3.02. The maximum absolute atomic E-state index is 12.7. The largest absolute Gasteiger partial charge is 0.488 e. The monoisotopic (exact) mass is 383 g/mol. The van der Waals surface area contributed by atoms with Crippen LogP contribution < -0.4 is 4.74 Å². The van der Waals surface area contributed by atoms with Crippen LogP contribution in [0.25, 0.3) is 11.5 Å². The van der Waals surface area contributed by atoms with Gasteiger partial charge in [0.25, 0.3) is 5.89 Å². The summed E-state index contributed by atoms with van der Waals surface area (Å²) in [5, 5.41) is 4.11. The summed E-state index contributed by atoms with van der Waals surface area (Å²) in [5.41, 5.74) is 0.816. The average molecular weight is 383 g/mol. The summed E-state index contributed by atoms with van der Waals surface area (Å²) in [4.78, 5) is 19.2. The van der Waals surface area contributed by atoms with Crippen LogP contribution in [-0.4, -0.2) is 53.4 Å². The maximum atomic E-state index is 12.7. The number of nitrogens with zero attached hydrogens (tertiary/aromatic N) is 3. The molecule has 148 valence electrons. The van der Waals surface area contributed by atoms with Gasteiger partial charge in [0, 0.05) is 38.0 Å². The molecular weight excluding hydrogens is 358 g/mol. The Morgan fingerprint density at radius 2 is 1.93 bits per heavy atom. The topological polar surface area (TPSA) is 77.7 Å². The molecule has 1 aliphatic carbocycles. The van der Waals surface area contributed by atoms with Crippen LogP contribution in [0.1, 0.15) is 43.8 Å². The van der Waals surface area contributed by atoms with E-state index in [1.807, 2.05) is 29.2 Å². The van der Waals surface area contributed by atoms with E-state index in [-0.39, 0.29) is 17.9 Å². The molecular formula is C21H25N3O4. The average Bonchev–Trinajstić information content (AvgIpc) is 3.29. The van der Waals surface area contributed by atoms with Crippen molar-refractivity contribution in [3.63, 3.8) is 0 Å². The molecule has 1 aromatic carbocycles. The number of amides is 1. The van der Waals surface area contributed by atoms with Crippen LogP contribution >= 0.6 is 0 Å². The third-order valence-electron chi connectivity index (χ3n) is 5.82. The molecule has 0 N–H and O–H groups in total. The van der Waals surface area contributed by atoms with Gasteiger partial charge in [0.15, 0.2) is 5.82 Å². The standard InChI is InChI=1S/C21H25N3O4/c25-21(15-8-11-26-12-9-15)24-10-7-16(13-24)27-18-4-2-1-3-17(18)20-22-19(23-28-20)14-5-6-14/h1-4,14-16H,5-13H2. The van der Waals surface area contributed by atoms with Gasteiger partial charge in [0.1, 0.15) is 11.9 Å². The van der Waals surface area contributed by atoms with Gasteiger partial charge in [0.2, 0.25) is 5.91 Å². The predicted molar refractivity (Wildman–Crippen MR) is 101 cm³/mol. The number of para-hydroxylation sites is 1. The Balaban J connectivity index is 1.26. The summed E-state index contributed by atoms with van der Waals surface area (Å²) in [5.74, 6) is 2.82. The van der Waals surface area contributed by atoms with E-state index in [9.17, 15) is 4.79 Å². The molecule has 5 rings (SSSR count). The number of benzene rings is 1. The van der Waals surface area contributed by atoms with Gasteiger partial charge in [0.05, 0.1) is 12.1 Å². The highest BCUT2D eigenvalue weighted by Gasteiger charge is 2.33. The lowest BCUT2D eigenvalue weighted by Gasteiger charge is -2.26.